The van der Waals surface area contributed by atoms with Gasteiger partial charge in [-0.15, -0.1) is 15.3 Å². The predicted octanol–water partition coefficient (Wildman–Crippen LogP) is 3.56. The molecule has 1 aliphatic rings. The molecule has 1 fully saturated rings. The van der Waals surface area contributed by atoms with Crippen LogP contribution in [0, 0.1) is 0 Å². The quantitative estimate of drug-likeness (QED) is 0.728. The van der Waals surface area contributed by atoms with Crippen molar-refractivity contribution >= 4 is 39.7 Å². The molecule has 8 heteroatoms. The average molecular weight is 352 g/mol. The van der Waals surface area contributed by atoms with Crippen LogP contribution in [0.2, 0.25) is 5.02 Å². The molecule has 1 aromatic carbocycles. The highest BCUT2D eigenvalue weighted by molar-refractivity contribution is 8.00. The monoisotopic (exact) mass is 351 g/mol. The van der Waals surface area contributed by atoms with Crippen molar-refractivity contribution in [2.75, 3.05) is 6.54 Å². The Morgan fingerprint density at radius 3 is 2.95 bits per heavy atom. The summed E-state index contributed by atoms with van der Waals surface area (Å²) in [7, 11) is 0. The highest BCUT2D eigenvalue weighted by atomic mass is 35.5. The highest BCUT2D eigenvalue weighted by Crippen LogP contribution is 2.30. The van der Waals surface area contributed by atoms with Crippen molar-refractivity contribution in [3.05, 3.63) is 40.7 Å². The van der Waals surface area contributed by atoms with Gasteiger partial charge in [-0.2, -0.15) is 4.52 Å². The van der Waals surface area contributed by atoms with Crippen molar-refractivity contribution in [1.29, 1.82) is 0 Å². The third-order valence-electron chi connectivity index (χ3n) is 3.64. The SMILES string of the molecule is Clc1ccc(CSc2nn3c([C@H]4CCCN4)nnc3s2)cc1. The third kappa shape index (κ3) is 2.86. The lowest BCUT2D eigenvalue weighted by atomic mass is 10.2. The molecule has 1 atom stereocenters. The van der Waals surface area contributed by atoms with Crippen LogP contribution in [0.25, 0.3) is 4.96 Å². The van der Waals surface area contributed by atoms with Gasteiger partial charge in [0.15, 0.2) is 10.2 Å². The Morgan fingerprint density at radius 2 is 2.18 bits per heavy atom. The van der Waals surface area contributed by atoms with Crippen LogP contribution in [0.1, 0.15) is 30.3 Å². The van der Waals surface area contributed by atoms with E-state index in [4.69, 9.17) is 11.6 Å². The Hall–Kier alpha value is -1.15. The van der Waals surface area contributed by atoms with E-state index in [0.717, 1.165) is 38.9 Å². The zero-order chi connectivity index (χ0) is 14.9. The molecule has 5 nitrogen and oxygen atoms in total. The molecule has 1 N–H and O–H groups in total. The minimum absolute atomic E-state index is 0.284. The smallest absolute Gasteiger partial charge is 0.235 e. The van der Waals surface area contributed by atoms with Crippen molar-refractivity contribution in [3.63, 3.8) is 0 Å². The molecule has 0 aliphatic carbocycles. The highest BCUT2D eigenvalue weighted by Gasteiger charge is 2.23. The topological polar surface area (TPSA) is 55.1 Å². The van der Waals surface area contributed by atoms with E-state index in [1.165, 1.54) is 12.0 Å². The number of aromatic nitrogens is 4. The number of benzene rings is 1. The molecule has 0 spiro atoms. The molecular formula is C14H14ClN5S2. The van der Waals surface area contributed by atoms with Crippen LogP contribution >= 0.6 is 34.7 Å². The summed E-state index contributed by atoms with van der Waals surface area (Å²) in [5.41, 5.74) is 1.23. The molecule has 0 unspecified atom stereocenters. The lowest BCUT2D eigenvalue weighted by Crippen LogP contribution is -2.16. The van der Waals surface area contributed by atoms with Gasteiger partial charge in [-0.05, 0) is 37.1 Å². The van der Waals surface area contributed by atoms with Gasteiger partial charge >= 0.3 is 0 Å². The first-order chi connectivity index (χ1) is 10.8. The van der Waals surface area contributed by atoms with Gasteiger partial charge in [0.2, 0.25) is 4.96 Å². The van der Waals surface area contributed by atoms with Crippen molar-refractivity contribution < 1.29 is 0 Å². The van der Waals surface area contributed by atoms with Crippen molar-refractivity contribution in [2.24, 2.45) is 0 Å². The number of hydrogen-bond acceptors (Lipinski definition) is 6. The summed E-state index contributed by atoms with van der Waals surface area (Å²) in [5, 5.41) is 17.4. The first kappa shape index (κ1) is 14.4. The van der Waals surface area contributed by atoms with Gasteiger partial charge in [-0.1, -0.05) is 46.8 Å². The Bertz CT molecular complexity index is 776. The zero-order valence-corrected chi connectivity index (χ0v) is 14.1. The van der Waals surface area contributed by atoms with E-state index >= 15 is 0 Å². The number of nitrogens with zero attached hydrogens (tertiary/aromatic N) is 4. The lowest BCUT2D eigenvalue weighted by molar-refractivity contribution is 0.582. The summed E-state index contributed by atoms with van der Waals surface area (Å²) >= 11 is 9.21. The lowest BCUT2D eigenvalue weighted by Gasteiger charge is -2.04. The van der Waals surface area contributed by atoms with Crippen molar-refractivity contribution in [2.45, 2.75) is 29.0 Å². The number of fused-ring (bicyclic) bond motifs is 1. The molecule has 0 radical (unpaired) electrons. The predicted molar refractivity (Wildman–Crippen MR) is 89.6 cm³/mol. The first-order valence-corrected chi connectivity index (χ1v) is 9.30. The summed E-state index contributed by atoms with van der Waals surface area (Å²) in [6.45, 7) is 1.04. The second kappa shape index (κ2) is 6.16. The summed E-state index contributed by atoms with van der Waals surface area (Å²) in [4.78, 5) is 0.863. The first-order valence-electron chi connectivity index (χ1n) is 7.12. The van der Waals surface area contributed by atoms with Gasteiger partial charge in [-0.3, -0.25) is 0 Å². The number of halogens is 1. The van der Waals surface area contributed by atoms with Gasteiger partial charge in [0.05, 0.1) is 6.04 Å². The van der Waals surface area contributed by atoms with E-state index in [9.17, 15) is 0 Å². The molecule has 4 rings (SSSR count). The van der Waals surface area contributed by atoms with E-state index in [1.54, 1.807) is 23.1 Å². The maximum Gasteiger partial charge on any atom is 0.235 e. The second-order valence-electron chi connectivity index (χ2n) is 5.18. The maximum atomic E-state index is 5.91. The van der Waals surface area contributed by atoms with E-state index < -0.39 is 0 Å². The van der Waals surface area contributed by atoms with Crippen LogP contribution < -0.4 is 5.32 Å². The number of nitrogens with one attached hydrogen (secondary N) is 1. The molecule has 22 heavy (non-hydrogen) atoms. The fraction of sp³-hybridized carbons (Fsp3) is 0.357. The van der Waals surface area contributed by atoms with Crippen LogP contribution in [0.15, 0.2) is 28.6 Å². The zero-order valence-electron chi connectivity index (χ0n) is 11.7. The molecular weight excluding hydrogens is 338 g/mol. The van der Waals surface area contributed by atoms with E-state index in [1.807, 2.05) is 28.8 Å². The fourth-order valence-electron chi connectivity index (χ4n) is 2.52. The minimum atomic E-state index is 0.284. The third-order valence-corrected chi connectivity index (χ3v) is 6.00. The molecule has 0 saturated carbocycles. The summed E-state index contributed by atoms with van der Waals surface area (Å²) in [5.74, 6) is 1.81. The Labute approximate surface area is 141 Å². The molecule has 2 aromatic heterocycles. The molecule has 0 bridgehead atoms. The normalized spacial score (nSPS) is 18.3. The minimum Gasteiger partial charge on any atom is -0.307 e. The van der Waals surface area contributed by atoms with E-state index in [-0.39, 0.29) is 6.04 Å². The van der Waals surface area contributed by atoms with Crippen LogP contribution in [0.3, 0.4) is 0 Å². The van der Waals surface area contributed by atoms with Gasteiger partial charge in [0.25, 0.3) is 0 Å². The van der Waals surface area contributed by atoms with Crippen molar-refractivity contribution in [3.8, 4) is 0 Å². The molecule has 0 amide bonds. The summed E-state index contributed by atoms with van der Waals surface area (Å²) in [6.07, 6.45) is 2.29. The van der Waals surface area contributed by atoms with Gasteiger partial charge in [-0.25, -0.2) is 0 Å². The maximum absolute atomic E-state index is 5.91. The van der Waals surface area contributed by atoms with Crippen LogP contribution in [-0.2, 0) is 5.75 Å². The average Bonchev–Trinajstić information content (AvgIpc) is 3.22. The standard InChI is InChI=1S/C14H14ClN5S2/c15-10-5-3-9(4-6-10)8-21-14-19-20-12(11-2-1-7-16-11)17-18-13(20)22-14/h3-6,11,16H,1-2,7-8H2/t11-/m1/s1. The number of thioether (sulfide) groups is 1. The second-order valence-corrected chi connectivity index (χ2v) is 7.80. The van der Waals surface area contributed by atoms with Crippen LogP contribution in [0.4, 0.5) is 0 Å². The van der Waals surface area contributed by atoms with Gasteiger partial charge in [0, 0.05) is 10.8 Å². The molecule has 114 valence electrons. The summed E-state index contributed by atoms with van der Waals surface area (Å²) in [6, 6.07) is 8.21. The fourth-order valence-corrected chi connectivity index (χ4v) is 4.49. The van der Waals surface area contributed by atoms with Gasteiger partial charge in [0.1, 0.15) is 0 Å². The molecule has 1 saturated heterocycles. The van der Waals surface area contributed by atoms with E-state index in [0.29, 0.717) is 0 Å². The number of hydrogen-bond donors (Lipinski definition) is 1. The van der Waals surface area contributed by atoms with Crippen LogP contribution in [-0.4, -0.2) is 26.4 Å². The summed E-state index contributed by atoms with van der Waals surface area (Å²) < 4.78 is 2.90. The van der Waals surface area contributed by atoms with Gasteiger partial charge < -0.3 is 5.32 Å². The Balaban J connectivity index is 1.51. The Kier molecular flexibility index (Phi) is 4.04. The molecule has 1 aliphatic heterocycles. The molecule has 3 aromatic rings. The van der Waals surface area contributed by atoms with Crippen molar-refractivity contribution in [1.82, 2.24) is 25.1 Å². The largest absolute Gasteiger partial charge is 0.307 e. The Morgan fingerprint density at radius 1 is 1.32 bits per heavy atom. The molecule has 3 heterocycles. The number of rotatable bonds is 4. The van der Waals surface area contributed by atoms with Crippen LogP contribution in [0.5, 0.6) is 0 Å². The van der Waals surface area contributed by atoms with E-state index in [2.05, 4.69) is 20.6 Å².